The topological polar surface area (TPSA) is 6.48 Å². The van der Waals surface area contributed by atoms with E-state index in [2.05, 4.69) is 37.7 Å². The van der Waals surface area contributed by atoms with Crippen LogP contribution >= 0.6 is 0 Å². The minimum Gasteiger partial charge on any atom is -0.239 e. The van der Waals surface area contributed by atoms with Crippen LogP contribution in [0, 0.1) is 0 Å². The zero-order chi connectivity index (χ0) is 9.14. The third kappa shape index (κ3) is 1.80. The van der Waals surface area contributed by atoms with Crippen molar-refractivity contribution in [3.05, 3.63) is 0 Å². The van der Waals surface area contributed by atoms with Gasteiger partial charge in [0, 0.05) is 25.2 Å². The Kier molecular flexibility index (Phi) is 3.53. The van der Waals surface area contributed by atoms with Gasteiger partial charge in [-0.2, -0.15) is 0 Å². The van der Waals surface area contributed by atoms with Crippen molar-refractivity contribution in [2.45, 2.75) is 52.6 Å². The fourth-order valence-corrected chi connectivity index (χ4v) is 2.31. The van der Waals surface area contributed by atoms with Gasteiger partial charge in [0.05, 0.1) is 0 Å². The van der Waals surface area contributed by atoms with Gasteiger partial charge in [0.15, 0.2) is 0 Å². The molecule has 72 valence electrons. The minimum atomic E-state index is 0.747. The Balaban J connectivity index is 2.55. The summed E-state index contributed by atoms with van der Waals surface area (Å²) in [5.41, 5.74) is 0. The first-order valence-corrected chi connectivity index (χ1v) is 5.23. The maximum atomic E-state index is 2.53. The molecular formula is C10H22N2. The average molecular weight is 170 g/mol. The predicted octanol–water partition coefficient (Wildman–Crippen LogP) is 2.12. The van der Waals surface area contributed by atoms with Crippen molar-refractivity contribution in [3.63, 3.8) is 0 Å². The maximum absolute atomic E-state index is 2.53. The van der Waals surface area contributed by atoms with Crippen molar-refractivity contribution in [1.29, 1.82) is 0 Å². The van der Waals surface area contributed by atoms with Crippen LogP contribution in [0.5, 0.6) is 0 Å². The fraction of sp³-hybridized carbons (Fsp3) is 1.00. The third-order valence-electron chi connectivity index (χ3n) is 2.81. The van der Waals surface area contributed by atoms with Crippen LogP contribution in [-0.4, -0.2) is 35.2 Å². The highest BCUT2D eigenvalue weighted by Crippen LogP contribution is 2.23. The summed E-state index contributed by atoms with van der Waals surface area (Å²) < 4.78 is 0. The fourth-order valence-electron chi connectivity index (χ4n) is 2.31. The van der Waals surface area contributed by atoms with Gasteiger partial charge in [-0.25, -0.2) is 10.0 Å². The van der Waals surface area contributed by atoms with E-state index in [0.29, 0.717) is 0 Å². The van der Waals surface area contributed by atoms with Crippen LogP contribution in [-0.2, 0) is 0 Å². The lowest BCUT2D eigenvalue weighted by atomic mass is 10.2. The second-order valence-electron chi connectivity index (χ2n) is 3.85. The van der Waals surface area contributed by atoms with Crippen LogP contribution < -0.4 is 0 Å². The van der Waals surface area contributed by atoms with Gasteiger partial charge in [-0.3, -0.25) is 0 Å². The highest BCUT2D eigenvalue weighted by molar-refractivity contribution is 4.80. The first-order chi connectivity index (χ1) is 5.70. The second kappa shape index (κ2) is 4.24. The van der Waals surface area contributed by atoms with Crippen LogP contribution in [0.25, 0.3) is 0 Å². The molecule has 1 heterocycles. The molecule has 0 aromatic carbocycles. The molecule has 1 aliphatic rings. The first-order valence-electron chi connectivity index (χ1n) is 5.23. The highest BCUT2D eigenvalue weighted by Gasteiger charge is 2.31. The van der Waals surface area contributed by atoms with Crippen molar-refractivity contribution in [3.8, 4) is 0 Å². The lowest BCUT2D eigenvalue weighted by molar-refractivity contribution is -0.0142. The molecule has 1 saturated heterocycles. The Hall–Kier alpha value is -0.0800. The van der Waals surface area contributed by atoms with Crippen molar-refractivity contribution in [1.82, 2.24) is 10.0 Å². The monoisotopic (exact) mass is 170 g/mol. The number of hydrogen-bond donors (Lipinski definition) is 0. The minimum absolute atomic E-state index is 0.747. The van der Waals surface area contributed by atoms with Gasteiger partial charge in [-0.1, -0.05) is 13.8 Å². The van der Waals surface area contributed by atoms with Crippen LogP contribution in [0.3, 0.4) is 0 Å². The van der Waals surface area contributed by atoms with E-state index in [9.17, 15) is 0 Å². The molecule has 0 amide bonds. The van der Waals surface area contributed by atoms with E-state index in [0.717, 1.165) is 18.6 Å². The molecule has 2 heteroatoms. The smallest absolute Gasteiger partial charge is 0.0233 e. The van der Waals surface area contributed by atoms with Crippen LogP contribution in [0.15, 0.2) is 0 Å². The molecule has 2 nitrogen and oxygen atoms in total. The summed E-state index contributed by atoms with van der Waals surface area (Å²) in [6.07, 6.45) is 2.58. The number of nitrogens with zero attached hydrogens (tertiary/aromatic N) is 2. The van der Waals surface area contributed by atoms with Gasteiger partial charge in [-0.15, -0.1) is 0 Å². The molecule has 1 aliphatic heterocycles. The highest BCUT2D eigenvalue weighted by atomic mass is 15.7. The van der Waals surface area contributed by atoms with Crippen LogP contribution in [0.1, 0.15) is 40.5 Å². The standard InChI is InChI=1S/C10H22N2/c1-5-7-12-10(4)8-9(3)11(12)6-2/h9-10H,5-8H2,1-4H3. The summed E-state index contributed by atoms with van der Waals surface area (Å²) in [5, 5.41) is 5.04. The summed E-state index contributed by atoms with van der Waals surface area (Å²) in [5.74, 6) is 0. The SMILES string of the molecule is CCCN1C(C)CC(C)N1CC. The quantitative estimate of drug-likeness (QED) is 0.640. The Morgan fingerprint density at radius 2 is 1.67 bits per heavy atom. The Labute approximate surface area is 76.5 Å². The normalized spacial score (nSPS) is 33.0. The molecule has 0 bridgehead atoms. The Bertz CT molecular complexity index is 136. The summed E-state index contributed by atoms with van der Waals surface area (Å²) in [7, 11) is 0. The molecule has 0 aliphatic carbocycles. The van der Waals surface area contributed by atoms with Gasteiger partial charge in [0.25, 0.3) is 0 Å². The van der Waals surface area contributed by atoms with Gasteiger partial charge < -0.3 is 0 Å². The largest absolute Gasteiger partial charge is 0.239 e. The zero-order valence-corrected chi connectivity index (χ0v) is 8.88. The zero-order valence-electron chi connectivity index (χ0n) is 8.88. The molecule has 0 aromatic rings. The van der Waals surface area contributed by atoms with E-state index in [1.807, 2.05) is 0 Å². The average Bonchev–Trinajstić information content (AvgIpc) is 2.28. The molecular weight excluding hydrogens is 148 g/mol. The summed E-state index contributed by atoms with van der Waals surface area (Å²) in [4.78, 5) is 0. The van der Waals surface area contributed by atoms with Crippen molar-refractivity contribution < 1.29 is 0 Å². The van der Waals surface area contributed by atoms with Crippen LogP contribution in [0.4, 0.5) is 0 Å². The van der Waals surface area contributed by atoms with E-state index in [-0.39, 0.29) is 0 Å². The van der Waals surface area contributed by atoms with E-state index >= 15 is 0 Å². The molecule has 2 atom stereocenters. The van der Waals surface area contributed by atoms with E-state index in [4.69, 9.17) is 0 Å². The molecule has 1 fully saturated rings. The van der Waals surface area contributed by atoms with E-state index < -0.39 is 0 Å². The van der Waals surface area contributed by atoms with Gasteiger partial charge in [0.2, 0.25) is 0 Å². The van der Waals surface area contributed by atoms with Crippen molar-refractivity contribution >= 4 is 0 Å². The molecule has 0 spiro atoms. The molecule has 0 radical (unpaired) electrons. The molecule has 0 N–H and O–H groups in total. The Morgan fingerprint density at radius 1 is 1.08 bits per heavy atom. The maximum Gasteiger partial charge on any atom is 0.0233 e. The lowest BCUT2D eigenvalue weighted by Gasteiger charge is -2.31. The van der Waals surface area contributed by atoms with Gasteiger partial charge in [-0.05, 0) is 26.7 Å². The lowest BCUT2D eigenvalue weighted by Crippen LogP contribution is -2.42. The second-order valence-corrected chi connectivity index (χ2v) is 3.85. The summed E-state index contributed by atoms with van der Waals surface area (Å²) in [6.45, 7) is 11.5. The molecule has 0 aromatic heterocycles. The van der Waals surface area contributed by atoms with Gasteiger partial charge >= 0.3 is 0 Å². The molecule has 12 heavy (non-hydrogen) atoms. The number of hydrazine groups is 1. The van der Waals surface area contributed by atoms with E-state index in [1.165, 1.54) is 19.4 Å². The number of rotatable bonds is 3. The first kappa shape index (κ1) is 10.0. The van der Waals surface area contributed by atoms with Crippen molar-refractivity contribution in [2.24, 2.45) is 0 Å². The summed E-state index contributed by atoms with van der Waals surface area (Å²) >= 11 is 0. The molecule has 1 rings (SSSR count). The Morgan fingerprint density at radius 3 is 2.17 bits per heavy atom. The third-order valence-corrected chi connectivity index (χ3v) is 2.81. The predicted molar refractivity (Wildman–Crippen MR) is 52.9 cm³/mol. The van der Waals surface area contributed by atoms with Gasteiger partial charge in [0.1, 0.15) is 0 Å². The molecule has 0 saturated carbocycles. The van der Waals surface area contributed by atoms with E-state index in [1.54, 1.807) is 0 Å². The van der Waals surface area contributed by atoms with Crippen molar-refractivity contribution in [2.75, 3.05) is 13.1 Å². The summed E-state index contributed by atoms with van der Waals surface area (Å²) in [6, 6.07) is 1.50. The van der Waals surface area contributed by atoms with Crippen LogP contribution in [0.2, 0.25) is 0 Å². The molecule has 2 unspecified atom stereocenters. The number of hydrogen-bond acceptors (Lipinski definition) is 2.